The van der Waals surface area contributed by atoms with Gasteiger partial charge >= 0.3 is 6.03 Å². The minimum atomic E-state index is -0.234. The van der Waals surface area contributed by atoms with Crippen molar-refractivity contribution in [3.05, 3.63) is 65.9 Å². The predicted molar refractivity (Wildman–Crippen MR) is 149 cm³/mol. The molecule has 0 atom stereocenters. The Labute approximate surface area is 220 Å². The van der Waals surface area contributed by atoms with Gasteiger partial charge in [-0.25, -0.2) is 9.48 Å². The number of unbranched alkanes of at least 4 members (excludes halogenated alkanes) is 1. The van der Waals surface area contributed by atoms with Crippen molar-refractivity contribution < 1.29 is 9.59 Å². The van der Waals surface area contributed by atoms with Gasteiger partial charge in [0.2, 0.25) is 5.91 Å². The molecular weight excluding hydrogens is 462 g/mol. The topological polar surface area (TPSA) is 79.3 Å². The van der Waals surface area contributed by atoms with Crippen molar-refractivity contribution in [1.82, 2.24) is 20.0 Å². The average Bonchev–Trinajstić information content (AvgIpc) is 3.22. The first-order valence-electron chi connectivity index (χ1n) is 13.5. The lowest BCUT2D eigenvalue weighted by Gasteiger charge is -2.28. The van der Waals surface area contributed by atoms with Crippen LogP contribution in [0.4, 0.5) is 10.6 Å². The number of benzene rings is 2. The van der Waals surface area contributed by atoms with Gasteiger partial charge < -0.3 is 15.5 Å². The van der Waals surface area contributed by atoms with Crippen LogP contribution in [0, 0.1) is 13.8 Å². The van der Waals surface area contributed by atoms with Crippen LogP contribution >= 0.6 is 0 Å². The molecule has 1 heterocycles. The van der Waals surface area contributed by atoms with Crippen LogP contribution in [0.25, 0.3) is 16.8 Å². The normalized spacial score (nSPS) is 13.8. The molecule has 3 aromatic rings. The van der Waals surface area contributed by atoms with Crippen molar-refractivity contribution in [2.24, 2.45) is 0 Å². The Morgan fingerprint density at radius 3 is 2.41 bits per heavy atom. The van der Waals surface area contributed by atoms with Gasteiger partial charge in [0, 0.05) is 18.2 Å². The summed E-state index contributed by atoms with van der Waals surface area (Å²) in [5.41, 5.74) is 4.64. The molecule has 1 aromatic heterocycles. The summed E-state index contributed by atoms with van der Waals surface area (Å²) in [6.45, 7) is 6.61. The summed E-state index contributed by atoms with van der Waals surface area (Å²) in [7, 11) is 0. The molecule has 0 radical (unpaired) electrons. The lowest BCUT2D eigenvalue weighted by atomic mass is 9.96. The van der Waals surface area contributed by atoms with Crippen LogP contribution in [-0.4, -0.2) is 45.8 Å². The van der Waals surface area contributed by atoms with Gasteiger partial charge in [-0.3, -0.25) is 4.79 Å². The fourth-order valence-corrected chi connectivity index (χ4v) is 5.03. The van der Waals surface area contributed by atoms with Crippen molar-refractivity contribution in [3.8, 4) is 16.8 Å². The van der Waals surface area contributed by atoms with Gasteiger partial charge in [0.25, 0.3) is 0 Å². The first kappa shape index (κ1) is 26.5. The molecule has 0 aliphatic heterocycles. The highest BCUT2D eigenvalue weighted by Crippen LogP contribution is 2.34. The second-order valence-electron chi connectivity index (χ2n) is 9.98. The molecular formula is C30H39N5O2. The SMILES string of the molecule is CCCCN(CC(=O)Nc1c(-c2ccccc2)c(C)nn1-c1ccccc1C)C(=O)NC1CCCCC1. The Bertz CT molecular complexity index is 1200. The molecule has 7 heteroatoms. The van der Waals surface area contributed by atoms with Gasteiger partial charge in [0.1, 0.15) is 12.4 Å². The van der Waals surface area contributed by atoms with Crippen molar-refractivity contribution in [2.75, 3.05) is 18.4 Å². The van der Waals surface area contributed by atoms with Gasteiger partial charge in [0.15, 0.2) is 0 Å². The number of nitrogens with one attached hydrogen (secondary N) is 2. The van der Waals surface area contributed by atoms with Gasteiger partial charge in [0.05, 0.1) is 11.4 Å². The second kappa shape index (κ2) is 12.6. The number of aryl methyl sites for hydroxylation is 2. The maximum absolute atomic E-state index is 13.5. The second-order valence-corrected chi connectivity index (χ2v) is 9.98. The van der Waals surface area contributed by atoms with Crippen LogP contribution in [0.15, 0.2) is 54.6 Å². The quantitative estimate of drug-likeness (QED) is 0.364. The molecule has 0 saturated heterocycles. The van der Waals surface area contributed by atoms with Gasteiger partial charge in [-0.2, -0.15) is 5.10 Å². The monoisotopic (exact) mass is 501 g/mol. The molecule has 0 bridgehead atoms. The van der Waals surface area contributed by atoms with E-state index in [-0.39, 0.29) is 24.5 Å². The molecule has 7 nitrogen and oxygen atoms in total. The number of anilines is 1. The van der Waals surface area contributed by atoms with Crippen molar-refractivity contribution >= 4 is 17.8 Å². The van der Waals surface area contributed by atoms with Crippen LogP contribution in [0.3, 0.4) is 0 Å². The molecule has 0 spiro atoms. The van der Waals surface area contributed by atoms with E-state index in [1.807, 2.05) is 73.1 Å². The standard InChI is InChI=1S/C30H39N5O2/c1-4-5-20-34(30(37)31-25-17-10-7-11-18-25)21-27(36)32-29-28(24-15-8-6-9-16-24)23(3)33-35(29)26-19-13-12-14-22(26)2/h6,8-9,12-16,19,25H,4-5,7,10-11,17-18,20-21H2,1-3H3,(H,31,37)(H,32,36). The lowest BCUT2D eigenvalue weighted by molar-refractivity contribution is -0.116. The third-order valence-corrected chi connectivity index (χ3v) is 7.06. The molecule has 4 rings (SSSR count). The zero-order chi connectivity index (χ0) is 26.2. The highest BCUT2D eigenvalue weighted by molar-refractivity contribution is 5.98. The molecule has 3 amide bonds. The lowest BCUT2D eigenvalue weighted by Crippen LogP contribution is -2.48. The maximum atomic E-state index is 13.5. The summed E-state index contributed by atoms with van der Waals surface area (Å²) in [5.74, 6) is 0.382. The van der Waals surface area contributed by atoms with E-state index in [0.29, 0.717) is 12.4 Å². The van der Waals surface area contributed by atoms with E-state index in [0.717, 1.165) is 66.6 Å². The molecule has 1 aliphatic rings. The summed E-state index contributed by atoms with van der Waals surface area (Å²) in [5, 5.41) is 11.1. The molecule has 2 N–H and O–H groups in total. The molecule has 37 heavy (non-hydrogen) atoms. The van der Waals surface area contributed by atoms with E-state index in [4.69, 9.17) is 5.10 Å². The van der Waals surface area contributed by atoms with Crippen LogP contribution in [-0.2, 0) is 4.79 Å². The first-order valence-corrected chi connectivity index (χ1v) is 13.5. The van der Waals surface area contributed by atoms with Crippen LogP contribution in [0.2, 0.25) is 0 Å². The Kier molecular flexibility index (Phi) is 8.99. The Morgan fingerprint density at radius 2 is 1.70 bits per heavy atom. The average molecular weight is 502 g/mol. The van der Waals surface area contributed by atoms with Crippen molar-refractivity contribution in [2.45, 2.75) is 71.8 Å². The molecule has 0 unspecified atom stereocenters. The number of rotatable bonds is 9. The largest absolute Gasteiger partial charge is 0.335 e. The maximum Gasteiger partial charge on any atom is 0.318 e. The number of urea groups is 1. The summed E-state index contributed by atoms with van der Waals surface area (Å²) in [6, 6.07) is 18.0. The van der Waals surface area contributed by atoms with Crippen LogP contribution < -0.4 is 10.6 Å². The molecule has 1 fully saturated rings. The zero-order valence-electron chi connectivity index (χ0n) is 22.3. The third kappa shape index (κ3) is 6.59. The highest BCUT2D eigenvalue weighted by atomic mass is 16.2. The smallest absolute Gasteiger partial charge is 0.318 e. The molecule has 2 aromatic carbocycles. The Morgan fingerprint density at radius 1 is 1.00 bits per heavy atom. The number of para-hydroxylation sites is 1. The summed E-state index contributed by atoms with van der Waals surface area (Å²) < 4.78 is 1.81. The van der Waals surface area contributed by atoms with Crippen LogP contribution in [0.1, 0.15) is 63.1 Å². The number of aromatic nitrogens is 2. The zero-order valence-corrected chi connectivity index (χ0v) is 22.3. The number of carbonyl (C=O) groups is 2. The number of hydrogen-bond acceptors (Lipinski definition) is 3. The molecule has 1 aliphatic carbocycles. The van der Waals surface area contributed by atoms with E-state index < -0.39 is 0 Å². The van der Waals surface area contributed by atoms with Gasteiger partial charge in [-0.15, -0.1) is 0 Å². The number of nitrogens with zero attached hydrogens (tertiary/aromatic N) is 3. The Balaban J connectivity index is 1.61. The first-order chi connectivity index (χ1) is 18.0. The van der Waals surface area contributed by atoms with E-state index >= 15 is 0 Å². The number of hydrogen-bond donors (Lipinski definition) is 2. The number of amides is 3. The summed E-state index contributed by atoms with van der Waals surface area (Å²) >= 11 is 0. The fraction of sp³-hybridized carbons (Fsp3) is 0.433. The minimum Gasteiger partial charge on any atom is -0.335 e. The van der Waals surface area contributed by atoms with Crippen molar-refractivity contribution in [1.29, 1.82) is 0 Å². The fourth-order valence-electron chi connectivity index (χ4n) is 5.03. The Hall–Kier alpha value is -3.61. The van der Waals surface area contributed by atoms with Gasteiger partial charge in [-0.05, 0) is 50.3 Å². The number of carbonyl (C=O) groups excluding carboxylic acids is 2. The van der Waals surface area contributed by atoms with E-state index in [1.54, 1.807) is 4.90 Å². The van der Waals surface area contributed by atoms with Gasteiger partial charge in [-0.1, -0.05) is 81.1 Å². The molecule has 1 saturated carbocycles. The minimum absolute atomic E-state index is 0.00914. The molecule has 196 valence electrons. The predicted octanol–water partition coefficient (Wildman–Crippen LogP) is 6.24. The summed E-state index contributed by atoms with van der Waals surface area (Å²) in [4.78, 5) is 28.3. The van der Waals surface area contributed by atoms with Crippen LogP contribution in [0.5, 0.6) is 0 Å². The highest BCUT2D eigenvalue weighted by Gasteiger charge is 2.24. The van der Waals surface area contributed by atoms with E-state index in [1.165, 1.54) is 6.42 Å². The third-order valence-electron chi connectivity index (χ3n) is 7.06. The summed E-state index contributed by atoms with van der Waals surface area (Å²) in [6.07, 6.45) is 7.33. The van der Waals surface area contributed by atoms with Crippen molar-refractivity contribution in [3.63, 3.8) is 0 Å². The van der Waals surface area contributed by atoms with E-state index in [9.17, 15) is 9.59 Å². The van der Waals surface area contributed by atoms with E-state index in [2.05, 4.69) is 17.6 Å².